The minimum atomic E-state index is 0.306. The molecule has 3 aromatic rings. The second-order valence-corrected chi connectivity index (χ2v) is 9.83. The predicted molar refractivity (Wildman–Crippen MR) is 141 cm³/mol. The maximum atomic E-state index is 10.1. The van der Waals surface area contributed by atoms with E-state index in [2.05, 4.69) is 70.5 Å². The van der Waals surface area contributed by atoms with Crippen molar-refractivity contribution in [2.45, 2.75) is 37.5 Å². The van der Waals surface area contributed by atoms with Crippen LogP contribution in [0.2, 0.25) is 0 Å². The molecule has 0 amide bonds. The zero-order chi connectivity index (χ0) is 23.3. The molecule has 0 saturated carbocycles. The Labute approximate surface area is 204 Å². The van der Waals surface area contributed by atoms with Gasteiger partial charge in [-0.25, -0.2) is 0 Å². The Balaban J connectivity index is 1.36. The van der Waals surface area contributed by atoms with Gasteiger partial charge in [-0.05, 0) is 91.2 Å². The summed E-state index contributed by atoms with van der Waals surface area (Å²) in [6.07, 6.45) is 4.43. The van der Waals surface area contributed by atoms with Crippen LogP contribution in [-0.2, 0) is 6.42 Å². The molecule has 5 rings (SSSR count). The van der Waals surface area contributed by atoms with E-state index < -0.39 is 0 Å². The molecule has 34 heavy (non-hydrogen) atoms. The van der Waals surface area contributed by atoms with Crippen molar-refractivity contribution in [2.75, 3.05) is 44.2 Å². The first-order valence-electron chi connectivity index (χ1n) is 12.9. The van der Waals surface area contributed by atoms with Gasteiger partial charge in [0.05, 0.1) is 0 Å². The molecule has 1 aliphatic heterocycles. The number of rotatable bonds is 7. The second kappa shape index (κ2) is 10.6. The number of unbranched alkanes of at least 4 members (excludes halogenated alkanes) is 1. The Morgan fingerprint density at radius 1 is 0.824 bits per heavy atom. The van der Waals surface area contributed by atoms with Gasteiger partial charge < -0.3 is 15.7 Å². The highest BCUT2D eigenvalue weighted by molar-refractivity contribution is 5.52. The molecule has 3 N–H and O–H groups in total. The normalized spacial score (nSPS) is 20.8. The van der Waals surface area contributed by atoms with Gasteiger partial charge >= 0.3 is 0 Å². The van der Waals surface area contributed by atoms with Crippen LogP contribution in [0.4, 0.5) is 5.69 Å². The number of phenols is 1. The van der Waals surface area contributed by atoms with Crippen molar-refractivity contribution in [2.24, 2.45) is 5.73 Å². The van der Waals surface area contributed by atoms with Gasteiger partial charge in [-0.3, -0.25) is 4.90 Å². The molecule has 1 fully saturated rings. The van der Waals surface area contributed by atoms with Crippen LogP contribution < -0.4 is 10.6 Å². The molecule has 1 aliphatic carbocycles. The third-order valence-corrected chi connectivity index (χ3v) is 7.73. The zero-order valence-electron chi connectivity index (χ0n) is 20.1. The van der Waals surface area contributed by atoms with Crippen LogP contribution in [-0.4, -0.2) is 49.3 Å². The van der Waals surface area contributed by atoms with Crippen LogP contribution in [0.25, 0.3) is 0 Å². The Morgan fingerprint density at radius 3 is 2.32 bits per heavy atom. The minimum absolute atomic E-state index is 0.306. The molecule has 4 nitrogen and oxygen atoms in total. The monoisotopic (exact) mass is 455 g/mol. The Bertz CT molecular complexity index is 1060. The van der Waals surface area contributed by atoms with E-state index >= 15 is 0 Å². The van der Waals surface area contributed by atoms with E-state index in [1.54, 1.807) is 0 Å². The lowest BCUT2D eigenvalue weighted by Crippen LogP contribution is -2.46. The summed E-state index contributed by atoms with van der Waals surface area (Å²) >= 11 is 0. The van der Waals surface area contributed by atoms with E-state index in [1.807, 2.05) is 12.1 Å². The molecule has 2 aliphatic rings. The number of aryl methyl sites for hydroxylation is 1. The fourth-order valence-electron chi connectivity index (χ4n) is 5.88. The molecule has 0 bridgehead atoms. The van der Waals surface area contributed by atoms with Gasteiger partial charge in [-0.2, -0.15) is 0 Å². The molecule has 0 unspecified atom stereocenters. The van der Waals surface area contributed by atoms with Crippen molar-refractivity contribution >= 4 is 5.69 Å². The van der Waals surface area contributed by atoms with Crippen molar-refractivity contribution in [1.82, 2.24) is 4.90 Å². The minimum Gasteiger partial charge on any atom is -0.508 e. The number of phenolic OH excluding ortho intramolecular Hbond substituents is 1. The molecular weight excluding hydrogens is 418 g/mol. The number of hydrogen-bond acceptors (Lipinski definition) is 4. The summed E-state index contributed by atoms with van der Waals surface area (Å²) in [4.78, 5) is 5.09. The van der Waals surface area contributed by atoms with E-state index in [4.69, 9.17) is 5.73 Å². The summed E-state index contributed by atoms with van der Waals surface area (Å²) in [5, 5.41) is 10.1. The van der Waals surface area contributed by atoms with E-state index in [9.17, 15) is 5.11 Å². The summed E-state index contributed by atoms with van der Waals surface area (Å²) < 4.78 is 0. The molecule has 2 atom stereocenters. The van der Waals surface area contributed by atoms with Crippen LogP contribution in [0, 0.1) is 0 Å². The predicted octanol–water partition coefficient (Wildman–Crippen LogP) is 5.12. The van der Waals surface area contributed by atoms with Gasteiger partial charge in [0, 0.05) is 37.8 Å². The standard InChI is InChI=1S/C30H37N3O/c31-16-4-5-17-32-18-20-33(21-19-32)26-11-8-24(9-12-26)30-28(23-6-2-1-3-7-23)14-10-25-22-27(34)13-15-29(25)30/h1-3,6-9,11-13,15,22,28,30,34H,4-5,10,14,16-21,31H2/t28-,30+/m1/s1. The number of nitrogens with two attached hydrogens (primary N) is 1. The molecule has 0 spiro atoms. The van der Waals surface area contributed by atoms with Crippen LogP contribution in [0.1, 0.15) is 53.4 Å². The van der Waals surface area contributed by atoms with E-state index in [0.29, 0.717) is 17.6 Å². The summed E-state index contributed by atoms with van der Waals surface area (Å²) in [7, 11) is 0. The van der Waals surface area contributed by atoms with Crippen molar-refractivity contribution < 1.29 is 5.11 Å². The number of fused-ring (bicyclic) bond motifs is 1. The van der Waals surface area contributed by atoms with Gasteiger partial charge in [0.1, 0.15) is 5.75 Å². The molecule has 1 heterocycles. The number of benzene rings is 3. The van der Waals surface area contributed by atoms with Crippen LogP contribution in [0.15, 0.2) is 72.8 Å². The van der Waals surface area contributed by atoms with E-state index in [1.165, 1.54) is 40.9 Å². The maximum Gasteiger partial charge on any atom is 0.115 e. The summed E-state index contributed by atoms with van der Waals surface area (Å²) in [6.45, 7) is 6.38. The molecular formula is C30H37N3O. The fraction of sp³-hybridized carbons (Fsp3) is 0.400. The average Bonchev–Trinajstić information content (AvgIpc) is 2.89. The van der Waals surface area contributed by atoms with Gasteiger partial charge in [0.2, 0.25) is 0 Å². The summed E-state index contributed by atoms with van der Waals surface area (Å²) in [5.41, 5.74) is 12.4. The topological polar surface area (TPSA) is 52.7 Å². The number of anilines is 1. The highest BCUT2D eigenvalue weighted by Crippen LogP contribution is 2.47. The number of aromatic hydroxyl groups is 1. The lowest BCUT2D eigenvalue weighted by molar-refractivity contribution is 0.253. The second-order valence-electron chi connectivity index (χ2n) is 9.83. The maximum absolute atomic E-state index is 10.1. The van der Waals surface area contributed by atoms with Crippen LogP contribution >= 0.6 is 0 Å². The van der Waals surface area contributed by atoms with Crippen molar-refractivity contribution in [3.8, 4) is 5.75 Å². The quantitative estimate of drug-likeness (QED) is 0.486. The Morgan fingerprint density at radius 2 is 1.59 bits per heavy atom. The third kappa shape index (κ3) is 4.98. The highest BCUT2D eigenvalue weighted by Gasteiger charge is 2.32. The van der Waals surface area contributed by atoms with Crippen molar-refractivity contribution in [3.05, 3.63) is 95.1 Å². The van der Waals surface area contributed by atoms with Gasteiger partial charge in [-0.1, -0.05) is 48.5 Å². The van der Waals surface area contributed by atoms with Crippen molar-refractivity contribution in [1.29, 1.82) is 0 Å². The van der Waals surface area contributed by atoms with Gasteiger partial charge in [0.25, 0.3) is 0 Å². The SMILES string of the molecule is NCCCCN1CCN(c2ccc([C@@H]3c4ccc(O)cc4CC[C@@H]3c3ccccc3)cc2)CC1. The lowest BCUT2D eigenvalue weighted by Gasteiger charge is -2.37. The summed E-state index contributed by atoms with van der Waals surface area (Å²) in [6, 6.07) is 26.2. The van der Waals surface area contributed by atoms with E-state index in [0.717, 1.165) is 52.0 Å². The highest BCUT2D eigenvalue weighted by atomic mass is 16.3. The van der Waals surface area contributed by atoms with Crippen LogP contribution in [0.3, 0.4) is 0 Å². The molecule has 0 radical (unpaired) electrons. The molecule has 3 aromatic carbocycles. The summed E-state index contributed by atoms with van der Waals surface area (Å²) in [5.74, 6) is 1.12. The smallest absolute Gasteiger partial charge is 0.115 e. The largest absolute Gasteiger partial charge is 0.508 e. The average molecular weight is 456 g/mol. The molecule has 178 valence electrons. The fourth-order valence-corrected chi connectivity index (χ4v) is 5.88. The lowest BCUT2D eigenvalue weighted by atomic mass is 9.69. The Kier molecular flexibility index (Phi) is 7.17. The number of nitrogens with zero attached hydrogens (tertiary/aromatic N) is 2. The number of hydrogen-bond donors (Lipinski definition) is 2. The van der Waals surface area contributed by atoms with Gasteiger partial charge in [-0.15, -0.1) is 0 Å². The van der Waals surface area contributed by atoms with Crippen LogP contribution in [0.5, 0.6) is 5.75 Å². The zero-order valence-corrected chi connectivity index (χ0v) is 20.1. The molecule has 0 aromatic heterocycles. The first-order valence-corrected chi connectivity index (χ1v) is 12.9. The molecule has 4 heteroatoms. The van der Waals surface area contributed by atoms with Gasteiger partial charge in [0.15, 0.2) is 0 Å². The first-order chi connectivity index (χ1) is 16.7. The number of piperazine rings is 1. The van der Waals surface area contributed by atoms with Crippen molar-refractivity contribution in [3.63, 3.8) is 0 Å². The Hall–Kier alpha value is -2.82. The first kappa shape index (κ1) is 22.9. The molecule has 1 saturated heterocycles. The third-order valence-electron chi connectivity index (χ3n) is 7.73. The van der Waals surface area contributed by atoms with E-state index in [-0.39, 0.29) is 0 Å².